The Bertz CT molecular complexity index is 821. The predicted octanol–water partition coefficient (Wildman–Crippen LogP) is 6.12. The quantitative estimate of drug-likeness (QED) is 0.650. The van der Waals surface area contributed by atoms with Crippen LogP contribution in [-0.2, 0) is 5.67 Å². The smallest absolute Gasteiger partial charge is 0.251 e. The molecule has 1 aliphatic carbocycles. The van der Waals surface area contributed by atoms with E-state index >= 15 is 4.39 Å². The summed E-state index contributed by atoms with van der Waals surface area (Å²) in [6, 6.07) is 12.1. The molecule has 0 aromatic heterocycles. The van der Waals surface area contributed by atoms with Crippen LogP contribution in [0, 0.1) is 5.92 Å². The molecule has 1 amide bonds. The highest BCUT2D eigenvalue weighted by Crippen LogP contribution is 2.61. The average molecular weight is 394 g/mol. The highest BCUT2D eigenvalue weighted by atomic mass is 35.5. The van der Waals surface area contributed by atoms with Gasteiger partial charge in [0.15, 0.2) is 0 Å². The van der Waals surface area contributed by atoms with Crippen LogP contribution < -0.4 is 5.32 Å². The lowest BCUT2D eigenvalue weighted by atomic mass is 10.0. The maximum absolute atomic E-state index is 15.3. The summed E-state index contributed by atoms with van der Waals surface area (Å²) in [5, 5.41) is 3.86. The third-order valence-electron chi connectivity index (χ3n) is 5.23. The van der Waals surface area contributed by atoms with Crippen molar-refractivity contribution in [3.63, 3.8) is 0 Å². The van der Waals surface area contributed by atoms with Crippen LogP contribution in [0.2, 0.25) is 10.0 Å². The van der Waals surface area contributed by atoms with Gasteiger partial charge in [-0.05, 0) is 54.7 Å². The maximum Gasteiger partial charge on any atom is 0.251 e. The topological polar surface area (TPSA) is 29.1 Å². The minimum Gasteiger partial charge on any atom is -0.349 e. The second kappa shape index (κ2) is 7.21. The van der Waals surface area contributed by atoms with Gasteiger partial charge in [-0.15, -0.1) is 0 Å². The van der Waals surface area contributed by atoms with E-state index in [1.54, 1.807) is 36.4 Å². The van der Waals surface area contributed by atoms with Crippen molar-refractivity contribution in [1.82, 2.24) is 5.32 Å². The van der Waals surface area contributed by atoms with Gasteiger partial charge in [-0.1, -0.05) is 55.2 Å². The van der Waals surface area contributed by atoms with E-state index in [1.807, 2.05) is 13.0 Å². The van der Waals surface area contributed by atoms with Crippen LogP contribution in [0.5, 0.6) is 0 Å². The van der Waals surface area contributed by atoms with Gasteiger partial charge in [-0.2, -0.15) is 0 Å². The number of hydrogen-bond acceptors (Lipinski definition) is 1. The van der Waals surface area contributed by atoms with Gasteiger partial charge in [0.2, 0.25) is 0 Å². The first-order valence-corrected chi connectivity index (χ1v) is 9.53. The molecule has 3 rings (SSSR count). The Morgan fingerprint density at radius 2 is 1.77 bits per heavy atom. The zero-order valence-electron chi connectivity index (χ0n) is 15.0. The standard InChI is InChI=1S/C21H22Cl2FNO/c1-12(2)13(3)25-20(26)14-4-7-16(8-5-14)21(24)11-17(21)15-6-9-18(22)19(23)10-15/h4-10,12-13,17H,11H2,1-3H3,(H,25,26). The Kier molecular flexibility index (Phi) is 5.32. The van der Waals surface area contributed by atoms with Crippen molar-refractivity contribution in [3.8, 4) is 0 Å². The first-order valence-electron chi connectivity index (χ1n) is 8.77. The number of nitrogens with one attached hydrogen (secondary N) is 1. The summed E-state index contributed by atoms with van der Waals surface area (Å²) in [6.07, 6.45) is 0.404. The highest BCUT2D eigenvalue weighted by Gasteiger charge is 2.57. The van der Waals surface area contributed by atoms with E-state index in [2.05, 4.69) is 19.2 Å². The minimum atomic E-state index is -1.42. The number of carbonyl (C=O) groups excluding carboxylic acids is 1. The third kappa shape index (κ3) is 3.74. The van der Waals surface area contributed by atoms with Crippen molar-refractivity contribution < 1.29 is 9.18 Å². The molecule has 26 heavy (non-hydrogen) atoms. The molecule has 0 heterocycles. The number of benzene rings is 2. The summed E-state index contributed by atoms with van der Waals surface area (Å²) >= 11 is 12.0. The largest absolute Gasteiger partial charge is 0.349 e. The van der Waals surface area contributed by atoms with Crippen molar-refractivity contribution >= 4 is 29.1 Å². The number of amides is 1. The second-order valence-corrected chi connectivity index (χ2v) is 8.19. The van der Waals surface area contributed by atoms with Crippen molar-refractivity contribution in [2.24, 2.45) is 5.92 Å². The molecule has 0 spiro atoms. The van der Waals surface area contributed by atoms with Crippen molar-refractivity contribution in [2.45, 2.75) is 44.8 Å². The van der Waals surface area contributed by atoms with E-state index in [0.717, 1.165) is 5.56 Å². The summed E-state index contributed by atoms with van der Waals surface area (Å²) in [6.45, 7) is 6.08. The van der Waals surface area contributed by atoms with Gasteiger partial charge in [0, 0.05) is 17.5 Å². The van der Waals surface area contributed by atoms with E-state index in [9.17, 15) is 4.79 Å². The molecule has 1 saturated carbocycles. The SMILES string of the molecule is CC(C)C(C)NC(=O)c1ccc(C2(F)CC2c2ccc(Cl)c(Cl)c2)cc1. The molecule has 3 unspecified atom stereocenters. The Morgan fingerprint density at radius 3 is 2.35 bits per heavy atom. The molecule has 3 atom stereocenters. The molecule has 0 saturated heterocycles. The predicted molar refractivity (Wildman–Crippen MR) is 105 cm³/mol. The van der Waals surface area contributed by atoms with E-state index < -0.39 is 5.67 Å². The van der Waals surface area contributed by atoms with Crippen LogP contribution >= 0.6 is 23.2 Å². The molecular weight excluding hydrogens is 372 g/mol. The lowest BCUT2D eigenvalue weighted by molar-refractivity contribution is 0.0930. The molecule has 2 aromatic rings. The molecule has 1 fully saturated rings. The summed E-state index contributed by atoms with van der Waals surface area (Å²) in [5.41, 5.74) is 0.547. The second-order valence-electron chi connectivity index (χ2n) is 7.38. The van der Waals surface area contributed by atoms with Gasteiger partial charge < -0.3 is 5.32 Å². The van der Waals surface area contributed by atoms with E-state index in [0.29, 0.717) is 33.5 Å². The molecule has 0 radical (unpaired) electrons. The lowest BCUT2D eigenvalue weighted by Gasteiger charge is -2.17. The van der Waals surface area contributed by atoms with Gasteiger partial charge in [0.1, 0.15) is 5.67 Å². The summed E-state index contributed by atoms with van der Waals surface area (Å²) in [7, 11) is 0. The first-order chi connectivity index (χ1) is 12.2. The molecule has 0 aliphatic heterocycles. The van der Waals surface area contributed by atoms with Crippen LogP contribution in [0.15, 0.2) is 42.5 Å². The summed E-state index contributed by atoms with van der Waals surface area (Å²) in [4.78, 5) is 12.3. The van der Waals surface area contributed by atoms with Gasteiger partial charge >= 0.3 is 0 Å². The highest BCUT2D eigenvalue weighted by molar-refractivity contribution is 6.42. The summed E-state index contributed by atoms with van der Waals surface area (Å²) < 4.78 is 15.3. The van der Waals surface area contributed by atoms with Gasteiger partial charge in [0.25, 0.3) is 5.91 Å². The minimum absolute atomic E-state index is 0.0807. The summed E-state index contributed by atoms with van der Waals surface area (Å²) in [5.74, 6) is -0.0221. The molecule has 1 N–H and O–H groups in total. The maximum atomic E-state index is 15.3. The molecule has 2 aromatic carbocycles. The van der Waals surface area contributed by atoms with Crippen LogP contribution in [0.1, 0.15) is 54.6 Å². The first kappa shape index (κ1) is 19.2. The number of hydrogen-bond donors (Lipinski definition) is 1. The molecule has 0 bridgehead atoms. The van der Waals surface area contributed by atoms with E-state index in [1.165, 1.54) is 0 Å². The monoisotopic (exact) mass is 393 g/mol. The Balaban J connectivity index is 1.73. The van der Waals surface area contributed by atoms with Crippen LogP contribution in [0.3, 0.4) is 0 Å². The zero-order chi connectivity index (χ0) is 19.1. The fraction of sp³-hybridized carbons (Fsp3) is 0.381. The van der Waals surface area contributed by atoms with Crippen molar-refractivity contribution in [1.29, 1.82) is 0 Å². The van der Waals surface area contributed by atoms with Crippen LogP contribution in [-0.4, -0.2) is 11.9 Å². The molecule has 5 heteroatoms. The van der Waals surface area contributed by atoms with Gasteiger partial charge in [0.05, 0.1) is 10.0 Å². The van der Waals surface area contributed by atoms with Crippen molar-refractivity contribution in [2.75, 3.05) is 0 Å². The molecular formula is C21H22Cl2FNO. The molecule has 138 valence electrons. The normalized spacial score (nSPS) is 23.0. The fourth-order valence-corrected chi connectivity index (χ4v) is 3.33. The van der Waals surface area contributed by atoms with Gasteiger partial charge in [-0.3, -0.25) is 4.79 Å². The van der Waals surface area contributed by atoms with Crippen molar-refractivity contribution in [3.05, 3.63) is 69.2 Å². The lowest BCUT2D eigenvalue weighted by Crippen LogP contribution is -2.36. The van der Waals surface area contributed by atoms with E-state index in [4.69, 9.17) is 23.2 Å². The third-order valence-corrected chi connectivity index (χ3v) is 5.96. The van der Waals surface area contributed by atoms with Crippen LogP contribution in [0.25, 0.3) is 0 Å². The average Bonchev–Trinajstić information content (AvgIpc) is 3.30. The number of halogens is 3. The van der Waals surface area contributed by atoms with Crippen LogP contribution in [0.4, 0.5) is 4.39 Å². The Hall–Kier alpha value is -1.58. The molecule has 2 nitrogen and oxygen atoms in total. The molecule has 1 aliphatic rings. The Morgan fingerprint density at radius 1 is 1.12 bits per heavy atom. The zero-order valence-corrected chi connectivity index (χ0v) is 16.5. The number of alkyl halides is 1. The van der Waals surface area contributed by atoms with Gasteiger partial charge in [-0.25, -0.2) is 4.39 Å². The number of carbonyl (C=O) groups is 1. The fourth-order valence-electron chi connectivity index (χ4n) is 3.02. The van der Waals surface area contributed by atoms with E-state index in [-0.39, 0.29) is 17.9 Å². The Labute approximate surface area is 163 Å². The number of rotatable bonds is 5.